The van der Waals surface area contributed by atoms with E-state index in [1.54, 1.807) is 13.8 Å². The molecule has 1 saturated heterocycles. The first-order valence-corrected chi connectivity index (χ1v) is 9.52. The third kappa shape index (κ3) is 4.18. The molecule has 6 heteroatoms. The number of nitrogens with one attached hydrogen (secondary N) is 2. The van der Waals surface area contributed by atoms with Crippen LogP contribution in [-0.4, -0.2) is 44.2 Å². The number of hydrogen-bond acceptors (Lipinski definition) is 4. The minimum atomic E-state index is -1.12. The van der Waals surface area contributed by atoms with Crippen LogP contribution in [0.5, 0.6) is 0 Å². The number of rotatable bonds is 5. The first-order chi connectivity index (χ1) is 12.5. The van der Waals surface area contributed by atoms with E-state index in [2.05, 4.69) is 15.5 Å². The Balaban J connectivity index is 1.69. The highest BCUT2D eigenvalue weighted by atomic mass is 16.5. The van der Waals surface area contributed by atoms with E-state index in [1.807, 2.05) is 24.3 Å². The van der Waals surface area contributed by atoms with Crippen LogP contribution < -0.4 is 15.5 Å². The number of morpholine rings is 1. The molecule has 6 nitrogen and oxygen atoms in total. The van der Waals surface area contributed by atoms with Crippen molar-refractivity contribution in [2.45, 2.75) is 45.6 Å². The largest absolute Gasteiger partial charge is 0.378 e. The van der Waals surface area contributed by atoms with Gasteiger partial charge >= 0.3 is 0 Å². The normalized spacial score (nSPS) is 18.6. The lowest BCUT2D eigenvalue weighted by atomic mass is 9.90. The summed E-state index contributed by atoms with van der Waals surface area (Å²) in [5.41, 5.74) is 0.582. The van der Waals surface area contributed by atoms with E-state index in [0.29, 0.717) is 13.2 Å². The van der Waals surface area contributed by atoms with Gasteiger partial charge in [0.2, 0.25) is 11.8 Å². The third-order valence-corrected chi connectivity index (χ3v) is 5.33. The lowest BCUT2D eigenvalue weighted by Gasteiger charge is -2.31. The van der Waals surface area contributed by atoms with E-state index in [1.165, 1.54) is 0 Å². The van der Waals surface area contributed by atoms with Gasteiger partial charge in [-0.1, -0.05) is 25.0 Å². The van der Waals surface area contributed by atoms with Crippen LogP contribution in [-0.2, 0) is 14.3 Å². The fourth-order valence-corrected chi connectivity index (χ4v) is 3.48. The summed E-state index contributed by atoms with van der Waals surface area (Å²) < 4.78 is 5.41. The molecule has 3 rings (SSSR count). The van der Waals surface area contributed by atoms with Crippen molar-refractivity contribution < 1.29 is 14.3 Å². The van der Waals surface area contributed by atoms with Gasteiger partial charge in [-0.3, -0.25) is 9.59 Å². The van der Waals surface area contributed by atoms with Crippen LogP contribution in [0.2, 0.25) is 0 Å². The Bertz CT molecular complexity index is 647. The summed E-state index contributed by atoms with van der Waals surface area (Å²) in [6.07, 6.45) is 4.29. The van der Waals surface area contributed by atoms with Gasteiger partial charge in [0.15, 0.2) is 0 Å². The second kappa shape index (κ2) is 8.08. The summed E-state index contributed by atoms with van der Waals surface area (Å²) in [5.74, 6) is -0.487. The van der Waals surface area contributed by atoms with Crippen LogP contribution in [0.15, 0.2) is 24.3 Å². The molecule has 0 spiro atoms. The highest BCUT2D eigenvalue weighted by Crippen LogP contribution is 2.29. The standard InChI is InChI=1S/C20H29N3O3/c1-20(2,18(24)21-15-7-3-4-8-15)19(25)22-16-9-5-6-10-17(16)23-11-13-26-14-12-23/h5-6,9-10,15H,3-4,7-8,11-14H2,1-2H3,(H,21,24)(H,22,25). The molecule has 0 atom stereocenters. The lowest BCUT2D eigenvalue weighted by molar-refractivity contribution is -0.138. The van der Waals surface area contributed by atoms with E-state index in [9.17, 15) is 9.59 Å². The van der Waals surface area contributed by atoms with Crippen molar-refractivity contribution in [1.29, 1.82) is 0 Å². The van der Waals surface area contributed by atoms with Crippen molar-refractivity contribution in [3.05, 3.63) is 24.3 Å². The SMILES string of the molecule is CC(C)(C(=O)Nc1ccccc1N1CCOCC1)C(=O)NC1CCCC1. The Morgan fingerprint density at radius 3 is 2.42 bits per heavy atom. The van der Waals surface area contributed by atoms with E-state index < -0.39 is 5.41 Å². The number of ether oxygens (including phenoxy) is 1. The van der Waals surface area contributed by atoms with Crippen LogP contribution in [0.1, 0.15) is 39.5 Å². The van der Waals surface area contributed by atoms with Crippen molar-refractivity contribution in [2.24, 2.45) is 5.41 Å². The number of para-hydroxylation sites is 2. The van der Waals surface area contributed by atoms with E-state index >= 15 is 0 Å². The molecule has 1 saturated carbocycles. The highest BCUT2D eigenvalue weighted by Gasteiger charge is 2.37. The first-order valence-electron chi connectivity index (χ1n) is 9.52. The third-order valence-electron chi connectivity index (χ3n) is 5.33. The Hall–Kier alpha value is -2.08. The molecule has 2 aliphatic rings. The molecule has 1 heterocycles. The van der Waals surface area contributed by atoms with Gasteiger partial charge in [-0.2, -0.15) is 0 Å². The average molecular weight is 359 g/mol. The van der Waals surface area contributed by atoms with Crippen molar-refractivity contribution in [3.63, 3.8) is 0 Å². The van der Waals surface area contributed by atoms with Crippen LogP contribution in [0.25, 0.3) is 0 Å². The molecular weight excluding hydrogens is 330 g/mol. The fraction of sp³-hybridized carbons (Fsp3) is 0.600. The molecule has 1 aliphatic carbocycles. The molecule has 1 aromatic rings. The zero-order valence-electron chi connectivity index (χ0n) is 15.7. The Morgan fingerprint density at radius 2 is 1.73 bits per heavy atom. The first kappa shape index (κ1) is 18.7. The number of anilines is 2. The van der Waals surface area contributed by atoms with Crippen molar-refractivity contribution in [1.82, 2.24) is 5.32 Å². The van der Waals surface area contributed by atoms with E-state index in [4.69, 9.17) is 4.74 Å². The number of benzene rings is 1. The molecule has 2 amide bonds. The van der Waals surface area contributed by atoms with Crippen LogP contribution in [0, 0.1) is 5.41 Å². The minimum absolute atomic E-state index is 0.203. The van der Waals surface area contributed by atoms with E-state index in [0.717, 1.165) is 50.1 Å². The molecule has 0 aromatic heterocycles. The summed E-state index contributed by atoms with van der Waals surface area (Å²) in [5, 5.41) is 6.01. The van der Waals surface area contributed by atoms with Crippen LogP contribution in [0.3, 0.4) is 0 Å². The topological polar surface area (TPSA) is 70.7 Å². The van der Waals surface area contributed by atoms with Gasteiger partial charge in [-0.05, 0) is 38.8 Å². The minimum Gasteiger partial charge on any atom is -0.378 e. The van der Waals surface area contributed by atoms with Crippen molar-refractivity contribution in [2.75, 3.05) is 36.5 Å². The molecule has 0 bridgehead atoms. The Kier molecular flexibility index (Phi) is 5.81. The van der Waals surface area contributed by atoms with Gasteiger partial charge in [0.25, 0.3) is 0 Å². The van der Waals surface area contributed by atoms with Gasteiger partial charge in [0.1, 0.15) is 5.41 Å². The summed E-state index contributed by atoms with van der Waals surface area (Å²) in [4.78, 5) is 27.7. The lowest BCUT2D eigenvalue weighted by Crippen LogP contribution is -2.48. The fourth-order valence-electron chi connectivity index (χ4n) is 3.48. The Morgan fingerprint density at radius 1 is 1.08 bits per heavy atom. The van der Waals surface area contributed by atoms with Gasteiger partial charge < -0.3 is 20.3 Å². The van der Waals surface area contributed by atoms with Crippen molar-refractivity contribution >= 4 is 23.2 Å². The maximum atomic E-state index is 12.9. The van der Waals surface area contributed by atoms with Gasteiger partial charge in [0, 0.05) is 19.1 Å². The number of carbonyl (C=O) groups excluding carboxylic acids is 2. The van der Waals surface area contributed by atoms with Gasteiger partial charge in [0.05, 0.1) is 24.6 Å². The van der Waals surface area contributed by atoms with E-state index in [-0.39, 0.29) is 17.9 Å². The number of hydrogen-bond donors (Lipinski definition) is 2. The average Bonchev–Trinajstić information content (AvgIpc) is 3.16. The molecule has 0 radical (unpaired) electrons. The molecule has 1 aromatic carbocycles. The van der Waals surface area contributed by atoms with Gasteiger partial charge in [-0.25, -0.2) is 0 Å². The summed E-state index contributed by atoms with van der Waals surface area (Å²) in [6, 6.07) is 7.93. The summed E-state index contributed by atoms with van der Waals surface area (Å²) in [6.45, 7) is 6.31. The zero-order valence-corrected chi connectivity index (χ0v) is 15.7. The smallest absolute Gasteiger partial charge is 0.239 e. The van der Waals surface area contributed by atoms with Crippen LogP contribution >= 0.6 is 0 Å². The van der Waals surface area contributed by atoms with Crippen LogP contribution in [0.4, 0.5) is 11.4 Å². The molecule has 1 aliphatic heterocycles. The summed E-state index contributed by atoms with van der Waals surface area (Å²) >= 11 is 0. The predicted octanol–water partition coefficient (Wildman–Crippen LogP) is 2.55. The molecule has 2 fully saturated rings. The van der Waals surface area contributed by atoms with Crippen molar-refractivity contribution in [3.8, 4) is 0 Å². The molecule has 142 valence electrons. The Labute approximate surface area is 155 Å². The predicted molar refractivity (Wildman–Crippen MR) is 102 cm³/mol. The number of carbonyl (C=O) groups is 2. The second-order valence-corrected chi connectivity index (χ2v) is 7.65. The quantitative estimate of drug-likeness (QED) is 0.793. The molecule has 2 N–H and O–H groups in total. The monoisotopic (exact) mass is 359 g/mol. The van der Waals surface area contributed by atoms with Gasteiger partial charge in [-0.15, -0.1) is 0 Å². The molecular formula is C20H29N3O3. The zero-order chi connectivity index (χ0) is 18.6. The molecule has 26 heavy (non-hydrogen) atoms. The number of nitrogens with zero attached hydrogens (tertiary/aromatic N) is 1. The maximum Gasteiger partial charge on any atom is 0.239 e. The summed E-state index contributed by atoms with van der Waals surface area (Å²) in [7, 11) is 0. The maximum absolute atomic E-state index is 12.9. The second-order valence-electron chi connectivity index (χ2n) is 7.65. The molecule has 0 unspecified atom stereocenters. The number of amides is 2. The highest BCUT2D eigenvalue weighted by molar-refractivity contribution is 6.10.